The van der Waals surface area contributed by atoms with Crippen LogP contribution in [0.3, 0.4) is 0 Å². The number of hydrogen-bond acceptors (Lipinski definition) is 4. The van der Waals surface area contributed by atoms with Crippen molar-refractivity contribution in [3.05, 3.63) is 29.8 Å². The first-order chi connectivity index (χ1) is 14.2. The molecule has 7 nitrogen and oxygen atoms in total. The topological polar surface area (TPSA) is 75.2 Å². The highest BCUT2D eigenvalue weighted by Gasteiger charge is 2.32. The van der Waals surface area contributed by atoms with Crippen LogP contribution in [0.4, 0.5) is 5.69 Å². The van der Waals surface area contributed by atoms with Gasteiger partial charge in [0.2, 0.25) is 5.91 Å². The molecular weight excluding hydrogens is 495 g/mol. The average molecular weight is 530 g/mol. The molecule has 2 atom stereocenters. The first-order valence-corrected chi connectivity index (χ1v) is 10.8. The van der Waals surface area contributed by atoms with Crippen molar-refractivity contribution in [1.29, 1.82) is 0 Å². The summed E-state index contributed by atoms with van der Waals surface area (Å²) in [7, 11) is 0. The third-order valence-electron chi connectivity index (χ3n) is 5.23. The number of carbonyl (C=O) groups is 1. The van der Waals surface area contributed by atoms with Crippen molar-refractivity contribution in [2.45, 2.75) is 58.3 Å². The number of morpholine rings is 1. The predicted molar refractivity (Wildman–Crippen MR) is 130 cm³/mol. The summed E-state index contributed by atoms with van der Waals surface area (Å²) in [5, 5.41) is 6.33. The van der Waals surface area contributed by atoms with E-state index in [9.17, 15) is 4.79 Å². The molecule has 1 amide bonds. The molecule has 0 radical (unpaired) electrons. The zero-order chi connectivity index (χ0) is 20.5. The van der Waals surface area contributed by atoms with Crippen LogP contribution in [0.15, 0.2) is 29.3 Å². The van der Waals surface area contributed by atoms with E-state index in [0.29, 0.717) is 19.6 Å². The molecule has 2 N–H and O–H groups in total. The fourth-order valence-corrected chi connectivity index (χ4v) is 3.72. The lowest BCUT2D eigenvalue weighted by Crippen LogP contribution is -2.53. The van der Waals surface area contributed by atoms with Crippen LogP contribution >= 0.6 is 24.0 Å². The molecule has 168 valence electrons. The molecule has 0 saturated carbocycles. The van der Waals surface area contributed by atoms with E-state index in [0.717, 1.165) is 62.7 Å². The van der Waals surface area contributed by atoms with Crippen LogP contribution in [0.2, 0.25) is 0 Å². The molecule has 2 unspecified atom stereocenters. The number of ether oxygens (including phenoxy) is 2. The first kappa shape index (κ1) is 24.9. The molecule has 2 fully saturated rings. The number of rotatable bonds is 7. The second-order valence-electron chi connectivity index (χ2n) is 7.57. The van der Waals surface area contributed by atoms with Crippen molar-refractivity contribution in [3.8, 4) is 0 Å². The highest BCUT2D eigenvalue weighted by atomic mass is 127. The van der Waals surface area contributed by atoms with Crippen LogP contribution in [-0.2, 0) is 20.8 Å². The maximum Gasteiger partial charge on any atom is 0.224 e. The van der Waals surface area contributed by atoms with Crippen LogP contribution < -0.4 is 10.6 Å². The third-order valence-corrected chi connectivity index (χ3v) is 5.23. The number of amides is 1. The molecular formula is C22H35IN4O3. The smallest absolute Gasteiger partial charge is 0.224 e. The maximum atomic E-state index is 11.7. The van der Waals surface area contributed by atoms with Gasteiger partial charge in [-0.05, 0) is 43.9 Å². The van der Waals surface area contributed by atoms with Gasteiger partial charge in [-0.2, -0.15) is 0 Å². The minimum Gasteiger partial charge on any atom is -0.375 e. The van der Waals surface area contributed by atoms with E-state index in [1.807, 2.05) is 31.2 Å². The lowest BCUT2D eigenvalue weighted by Gasteiger charge is -2.37. The Kier molecular flexibility index (Phi) is 10.9. The number of guanidine groups is 1. The van der Waals surface area contributed by atoms with E-state index < -0.39 is 0 Å². The molecule has 1 aromatic rings. The molecule has 2 aliphatic rings. The van der Waals surface area contributed by atoms with Gasteiger partial charge in [-0.25, -0.2) is 4.99 Å². The molecule has 0 aromatic heterocycles. The van der Waals surface area contributed by atoms with Crippen LogP contribution in [0.25, 0.3) is 0 Å². The summed E-state index contributed by atoms with van der Waals surface area (Å²) in [6.45, 7) is 8.67. The van der Waals surface area contributed by atoms with Gasteiger partial charge in [-0.1, -0.05) is 19.1 Å². The van der Waals surface area contributed by atoms with Gasteiger partial charge in [-0.3, -0.25) is 4.79 Å². The number of halogens is 1. The SMILES string of the molecule is CCCC(=O)Nc1ccc(CN=C(NCC)N2CCOC(C3CCCO3)C2)cc1.I. The van der Waals surface area contributed by atoms with E-state index >= 15 is 0 Å². The van der Waals surface area contributed by atoms with Crippen molar-refractivity contribution in [2.24, 2.45) is 4.99 Å². The minimum absolute atomic E-state index is 0. The number of carbonyl (C=O) groups excluding carboxylic acids is 1. The monoisotopic (exact) mass is 530 g/mol. The molecule has 30 heavy (non-hydrogen) atoms. The Balaban J connectivity index is 0.00000320. The molecule has 2 heterocycles. The van der Waals surface area contributed by atoms with E-state index in [1.54, 1.807) is 0 Å². The summed E-state index contributed by atoms with van der Waals surface area (Å²) in [5.41, 5.74) is 1.94. The summed E-state index contributed by atoms with van der Waals surface area (Å²) < 4.78 is 11.8. The fraction of sp³-hybridized carbons (Fsp3) is 0.636. The minimum atomic E-state index is 0. The summed E-state index contributed by atoms with van der Waals surface area (Å²) >= 11 is 0. The highest BCUT2D eigenvalue weighted by Crippen LogP contribution is 2.21. The number of nitrogens with one attached hydrogen (secondary N) is 2. The Hall–Kier alpha value is -1.39. The Morgan fingerprint density at radius 2 is 1.93 bits per heavy atom. The Morgan fingerprint density at radius 3 is 2.60 bits per heavy atom. The van der Waals surface area contributed by atoms with Crippen LogP contribution in [0.1, 0.15) is 45.1 Å². The molecule has 8 heteroatoms. The molecule has 3 rings (SSSR count). The highest BCUT2D eigenvalue weighted by molar-refractivity contribution is 14.0. The summed E-state index contributed by atoms with van der Waals surface area (Å²) in [6, 6.07) is 7.91. The third kappa shape index (κ3) is 7.39. The summed E-state index contributed by atoms with van der Waals surface area (Å²) in [5.74, 6) is 0.972. The van der Waals surface area contributed by atoms with E-state index in [-0.39, 0.29) is 42.1 Å². The number of anilines is 1. The first-order valence-electron chi connectivity index (χ1n) is 10.8. The number of hydrogen-bond donors (Lipinski definition) is 2. The van der Waals surface area contributed by atoms with Crippen LogP contribution in [0.5, 0.6) is 0 Å². The predicted octanol–water partition coefficient (Wildman–Crippen LogP) is 3.39. The van der Waals surface area contributed by atoms with E-state index in [1.165, 1.54) is 0 Å². The standard InChI is InChI=1S/C22H34N4O3.HI/c1-3-6-21(27)25-18-10-8-17(9-11-18)15-24-22(23-4-2)26-12-14-29-20(16-26)19-7-5-13-28-19;/h8-11,19-20H,3-7,12-16H2,1-2H3,(H,23,24)(H,25,27);1H. The van der Waals surface area contributed by atoms with Gasteiger partial charge in [0.1, 0.15) is 6.10 Å². The summed E-state index contributed by atoms with van der Waals surface area (Å²) in [6.07, 6.45) is 3.91. The molecule has 2 saturated heterocycles. The molecule has 0 spiro atoms. The summed E-state index contributed by atoms with van der Waals surface area (Å²) in [4.78, 5) is 18.8. The van der Waals surface area contributed by atoms with Gasteiger partial charge in [-0.15, -0.1) is 24.0 Å². The van der Waals surface area contributed by atoms with Gasteiger partial charge >= 0.3 is 0 Å². The number of aliphatic imine (C=N–C) groups is 1. The van der Waals surface area contributed by atoms with Gasteiger partial charge in [0, 0.05) is 38.3 Å². The Morgan fingerprint density at radius 1 is 1.17 bits per heavy atom. The zero-order valence-electron chi connectivity index (χ0n) is 18.1. The van der Waals surface area contributed by atoms with Crippen LogP contribution in [-0.4, -0.2) is 61.8 Å². The van der Waals surface area contributed by atoms with Gasteiger partial charge in [0.25, 0.3) is 0 Å². The van der Waals surface area contributed by atoms with Crippen molar-refractivity contribution < 1.29 is 14.3 Å². The number of benzene rings is 1. The van der Waals surface area contributed by atoms with Crippen LogP contribution in [0, 0.1) is 0 Å². The normalized spacial score (nSPS) is 21.8. The average Bonchev–Trinajstić information content (AvgIpc) is 3.27. The van der Waals surface area contributed by atoms with Crippen molar-refractivity contribution >= 4 is 41.5 Å². The lowest BCUT2D eigenvalue weighted by atomic mass is 10.1. The number of nitrogens with zero attached hydrogens (tertiary/aromatic N) is 2. The van der Waals surface area contributed by atoms with Crippen molar-refractivity contribution in [1.82, 2.24) is 10.2 Å². The second-order valence-corrected chi connectivity index (χ2v) is 7.57. The van der Waals surface area contributed by atoms with Crippen molar-refractivity contribution in [2.75, 3.05) is 38.2 Å². The van der Waals surface area contributed by atoms with Gasteiger partial charge < -0.3 is 25.0 Å². The fourth-order valence-electron chi connectivity index (χ4n) is 3.72. The molecule has 2 aliphatic heterocycles. The van der Waals surface area contributed by atoms with E-state index in [4.69, 9.17) is 14.5 Å². The van der Waals surface area contributed by atoms with Gasteiger partial charge in [0.15, 0.2) is 5.96 Å². The van der Waals surface area contributed by atoms with Gasteiger partial charge in [0.05, 0.1) is 19.3 Å². The zero-order valence-corrected chi connectivity index (χ0v) is 20.4. The van der Waals surface area contributed by atoms with Crippen molar-refractivity contribution in [3.63, 3.8) is 0 Å². The van der Waals surface area contributed by atoms with E-state index in [2.05, 4.69) is 22.5 Å². The Labute approximate surface area is 197 Å². The molecule has 0 aliphatic carbocycles. The second kappa shape index (κ2) is 13.1. The molecule has 1 aromatic carbocycles. The molecule has 0 bridgehead atoms. The largest absolute Gasteiger partial charge is 0.375 e. The quantitative estimate of drug-likeness (QED) is 0.321. The Bertz CT molecular complexity index is 677. The maximum absolute atomic E-state index is 11.7. The lowest BCUT2D eigenvalue weighted by molar-refractivity contribution is -0.116.